The molecule has 5 nitrogen and oxygen atoms in total. The Hall–Kier alpha value is -2.17. The summed E-state index contributed by atoms with van der Waals surface area (Å²) in [5, 5.41) is 3.11. The Balaban J connectivity index is 1.71. The van der Waals surface area contributed by atoms with Gasteiger partial charge in [-0.05, 0) is 31.0 Å². The molecule has 2 aromatic rings. The molecule has 0 saturated heterocycles. The fourth-order valence-corrected chi connectivity index (χ4v) is 2.41. The van der Waals surface area contributed by atoms with Crippen molar-refractivity contribution < 1.29 is 9.47 Å². The van der Waals surface area contributed by atoms with Crippen molar-refractivity contribution in [2.75, 3.05) is 25.6 Å². The predicted molar refractivity (Wildman–Crippen MR) is 77.6 cm³/mol. The Morgan fingerprint density at radius 2 is 2.05 bits per heavy atom. The van der Waals surface area contributed by atoms with Gasteiger partial charge in [-0.2, -0.15) is 0 Å². The van der Waals surface area contributed by atoms with E-state index < -0.39 is 0 Å². The standard InChI is InChI=1S/C15H19N3O2/c1-11-10-18(15(16-2)17-11)6-5-12-3-4-13-14(9-12)20-8-7-19-13/h3-4,9-10H,5-8H2,1-2H3,(H,16,17). The van der Waals surface area contributed by atoms with Crippen molar-refractivity contribution in [3.05, 3.63) is 35.7 Å². The molecule has 2 heterocycles. The maximum atomic E-state index is 5.61. The highest BCUT2D eigenvalue weighted by atomic mass is 16.6. The maximum absolute atomic E-state index is 5.61. The Bertz CT molecular complexity index is 607. The van der Waals surface area contributed by atoms with E-state index >= 15 is 0 Å². The second kappa shape index (κ2) is 5.45. The van der Waals surface area contributed by atoms with Crippen LogP contribution in [0.5, 0.6) is 11.5 Å². The zero-order chi connectivity index (χ0) is 13.9. The Morgan fingerprint density at radius 1 is 1.25 bits per heavy atom. The molecule has 0 atom stereocenters. The SMILES string of the molecule is CNc1nc(C)cn1CCc1ccc2c(c1)OCCO2. The van der Waals surface area contributed by atoms with E-state index in [0.717, 1.165) is 36.1 Å². The number of hydrogen-bond donors (Lipinski definition) is 1. The molecule has 1 aliphatic heterocycles. The van der Waals surface area contributed by atoms with Gasteiger partial charge in [0.1, 0.15) is 13.2 Å². The van der Waals surface area contributed by atoms with Crippen molar-refractivity contribution in [2.24, 2.45) is 0 Å². The molecule has 1 N–H and O–H groups in total. The molecular weight excluding hydrogens is 254 g/mol. The summed E-state index contributed by atoms with van der Waals surface area (Å²) in [6.45, 7) is 4.14. The highest BCUT2D eigenvalue weighted by Crippen LogP contribution is 2.31. The second-order valence-electron chi connectivity index (χ2n) is 4.88. The minimum absolute atomic E-state index is 0.626. The number of fused-ring (bicyclic) bond motifs is 1. The molecule has 1 aliphatic rings. The van der Waals surface area contributed by atoms with Crippen LogP contribution in [0.15, 0.2) is 24.4 Å². The largest absolute Gasteiger partial charge is 0.486 e. The lowest BCUT2D eigenvalue weighted by Gasteiger charge is -2.19. The molecular formula is C15H19N3O2. The topological polar surface area (TPSA) is 48.3 Å². The van der Waals surface area contributed by atoms with Crippen molar-refractivity contribution in [1.29, 1.82) is 0 Å². The van der Waals surface area contributed by atoms with Gasteiger partial charge in [0, 0.05) is 19.8 Å². The Morgan fingerprint density at radius 3 is 2.85 bits per heavy atom. The Kier molecular flexibility index (Phi) is 3.50. The molecule has 0 aliphatic carbocycles. The summed E-state index contributed by atoms with van der Waals surface area (Å²) >= 11 is 0. The summed E-state index contributed by atoms with van der Waals surface area (Å²) < 4.78 is 13.3. The molecule has 0 bridgehead atoms. The summed E-state index contributed by atoms with van der Waals surface area (Å²) in [7, 11) is 1.89. The monoisotopic (exact) mass is 273 g/mol. The van der Waals surface area contributed by atoms with E-state index in [1.54, 1.807) is 0 Å². The molecule has 3 rings (SSSR count). The number of nitrogens with one attached hydrogen (secondary N) is 1. The zero-order valence-corrected chi connectivity index (χ0v) is 11.8. The third kappa shape index (κ3) is 2.57. The van der Waals surface area contributed by atoms with E-state index in [1.165, 1.54) is 5.56 Å². The van der Waals surface area contributed by atoms with Gasteiger partial charge in [-0.15, -0.1) is 0 Å². The van der Waals surface area contributed by atoms with Gasteiger partial charge in [0.2, 0.25) is 5.95 Å². The van der Waals surface area contributed by atoms with Crippen LogP contribution in [0.1, 0.15) is 11.3 Å². The molecule has 20 heavy (non-hydrogen) atoms. The van der Waals surface area contributed by atoms with E-state index in [1.807, 2.05) is 20.0 Å². The van der Waals surface area contributed by atoms with Crippen LogP contribution in [0, 0.1) is 6.92 Å². The van der Waals surface area contributed by atoms with E-state index in [-0.39, 0.29) is 0 Å². The van der Waals surface area contributed by atoms with Gasteiger partial charge in [-0.3, -0.25) is 0 Å². The van der Waals surface area contributed by atoms with Gasteiger partial charge in [-0.25, -0.2) is 4.98 Å². The third-order valence-electron chi connectivity index (χ3n) is 3.37. The lowest BCUT2D eigenvalue weighted by Crippen LogP contribution is -2.15. The van der Waals surface area contributed by atoms with Gasteiger partial charge < -0.3 is 19.4 Å². The normalized spacial score (nSPS) is 13.3. The van der Waals surface area contributed by atoms with Crippen LogP contribution in [0.4, 0.5) is 5.95 Å². The minimum atomic E-state index is 0.626. The van der Waals surface area contributed by atoms with Crippen LogP contribution in [0.3, 0.4) is 0 Å². The number of hydrogen-bond acceptors (Lipinski definition) is 4. The quantitative estimate of drug-likeness (QED) is 0.928. The first-order chi connectivity index (χ1) is 9.76. The number of imidazole rings is 1. The first-order valence-corrected chi connectivity index (χ1v) is 6.86. The van der Waals surface area contributed by atoms with Gasteiger partial charge >= 0.3 is 0 Å². The summed E-state index contributed by atoms with van der Waals surface area (Å²) in [4.78, 5) is 4.42. The van der Waals surface area contributed by atoms with Crippen LogP contribution in [0.2, 0.25) is 0 Å². The molecule has 0 spiro atoms. The number of aryl methyl sites for hydroxylation is 3. The number of ether oxygens (including phenoxy) is 2. The average Bonchev–Trinajstić information content (AvgIpc) is 2.85. The van der Waals surface area contributed by atoms with E-state index in [2.05, 4.69) is 33.2 Å². The lowest BCUT2D eigenvalue weighted by atomic mass is 10.1. The summed E-state index contributed by atoms with van der Waals surface area (Å²) in [6, 6.07) is 6.15. The average molecular weight is 273 g/mol. The number of rotatable bonds is 4. The van der Waals surface area contributed by atoms with E-state index in [9.17, 15) is 0 Å². The smallest absolute Gasteiger partial charge is 0.202 e. The van der Waals surface area contributed by atoms with Crippen LogP contribution in [0.25, 0.3) is 0 Å². The lowest BCUT2D eigenvalue weighted by molar-refractivity contribution is 0.171. The first-order valence-electron chi connectivity index (χ1n) is 6.86. The van der Waals surface area contributed by atoms with Gasteiger partial charge in [0.25, 0.3) is 0 Å². The molecule has 0 unspecified atom stereocenters. The molecule has 0 saturated carbocycles. The van der Waals surface area contributed by atoms with Crippen LogP contribution < -0.4 is 14.8 Å². The number of anilines is 1. The number of aromatic nitrogens is 2. The van der Waals surface area contributed by atoms with Gasteiger partial charge in [0.05, 0.1) is 5.69 Å². The fraction of sp³-hybridized carbons (Fsp3) is 0.400. The third-order valence-corrected chi connectivity index (χ3v) is 3.37. The van der Waals surface area contributed by atoms with Crippen molar-refractivity contribution in [2.45, 2.75) is 19.9 Å². The van der Waals surface area contributed by atoms with Crippen molar-refractivity contribution >= 4 is 5.95 Å². The van der Waals surface area contributed by atoms with Gasteiger partial charge in [0.15, 0.2) is 11.5 Å². The predicted octanol–water partition coefficient (Wildman–Crippen LogP) is 2.25. The summed E-state index contributed by atoms with van der Waals surface area (Å²) in [6.07, 6.45) is 2.99. The van der Waals surface area contributed by atoms with Crippen LogP contribution in [-0.4, -0.2) is 29.8 Å². The Labute approximate surface area is 118 Å². The minimum Gasteiger partial charge on any atom is -0.486 e. The molecule has 0 amide bonds. The molecule has 1 aromatic carbocycles. The first kappa shape index (κ1) is 12.8. The molecule has 0 fully saturated rings. The molecule has 0 radical (unpaired) electrons. The van der Waals surface area contributed by atoms with Crippen LogP contribution in [-0.2, 0) is 13.0 Å². The summed E-state index contributed by atoms with van der Waals surface area (Å²) in [5.41, 5.74) is 2.26. The van der Waals surface area contributed by atoms with Crippen LogP contribution >= 0.6 is 0 Å². The van der Waals surface area contributed by atoms with Crippen molar-refractivity contribution in [3.8, 4) is 11.5 Å². The summed E-state index contributed by atoms with van der Waals surface area (Å²) in [5.74, 6) is 2.60. The van der Waals surface area contributed by atoms with Crippen molar-refractivity contribution in [3.63, 3.8) is 0 Å². The maximum Gasteiger partial charge on any atom is 0.202 e. The highest BCUT2D eigenvalue weighted by molar-refractivity contribution is 5.43. The second-order valence-corrected chi connectivity index (χ2v) is 4.88. The zero-order valence-electron chi connectivity index (χ0n) is 11.8. The molecule has 5 heteroatoms. The molecule has 106 valence electrons. The molecule has 1 aromatic heterocycles. The van der Waals surface area contributed by atoms with Crippen molar-refractivity contribution in [1.82, 2.24) is 9.55 Å². The highest BCUT2D eigenvalue weighted by Gasteiger charge is 2.12. The fourth-order valence-electron chi connectivity index (χ4n) is 2.41. The van der Waals surface area contributed by atoms with Gasteiger partial charge in [-0.1, -0.05) is 6.07 Å². The number of benzene rings is 1. The van der Waals surface area contributed by atoms with E-state index in [0.29, 0.717) is 13.2 Å². The number of nitrogens with zero attached hydrogens (tertiary/aromatic N) is 2. The van der Waals surface area contributed by atoms with E-state index in [4.69, 9.17) is 9.47 Å².